The van der Waals surface area contributed by atoms with Crippen molar-refractivity contribution in [1.29, 1.82) is 0 Å². The zero-order chi connectivity index (χ0) is 22.6. The van der Waals surface area contributed by atoms with Crippen LogP contribution in [-0.2, 0) is 17.7 Å². The van der Waals surface area contributed by atoms with Gasteiger partial charge in [0, 0.05) is 30.3 Å². The Kier molecular flexibility index (Phi) is 6.50. The Morgan fingerprint density at radius 2 is 2.00 bits per heavy atom. The summed E-state index contributed by atoms with van der Waals surface area (Å²) in [6.07, 6.45) is 6.23. The second-order valence-corrected chi connectivity index (χ2v) is 8.27. The van der Waals surface area contributed by atoms with Gasteiger partial charge in [-0.2, -0.15) is 0 Å². The number of rotatable bonds is 7. The Morgan fingerprint density at radius 1 is 1.12 bits per heavy atom. The lowest BCUT2D eigenvalue weighted by Crippen LogP contribution is -2.39. The number of pyridine rings is 3. The molecule has 174 valence electrons. The van der Waals surface area contributed by atoms with E-state index in [0.29, 0.717) is 61.0 Å². The number of hydrogen-bond acceptors (Lipinski definition) is 8. The molecule has 1 saturated heterocycles. The molecule has 0 aliphatic carbocycles. The fourth-order valence-corrected chi connectivity index (χ4v) is 4.26. The number of aryl methyl sites for hydroxylation is 1. The van der Waals surface area contributed by atoms with Crippen molar-refractivity contribution >= 4 is 11.0 Å². The minimum absolute atomic E-state index is 0.0868. The van der Waals surface area contributed by atoms with Gasteiger partial charge in [-0.15, -0.1) is 0 Å². The maximum Gasteiger partial charge on any atom is 0.213 e. The van der Waals surface area contributed by atoms with E-state index in [9.17, 15) is 4.39 Å². The lowest BCUT2D eigenvalue weighted by Gasteiger charge is -2.30. The largest absolute Gasteiger partial charge is 0.486 e. The predicted octanol–water partition coefficient (Wildman–Crippen LogP) is 3.21. The van der Waals surface area contributed by atoms with E-state index in [0.717, 1.165) is 30.7 Å². The number of aromatic nitrogens is 3. The van der Waals surface area contributed by atoms with E-state index in [-0.39, 0.29) is 18.0 Å². The maximum absolute atomic E-state index is 14.5. The first-order valence-electron chi connectivity index (χ1n) is 11.3. The zero-order valence-corrected chi connectivity index (χ0v) is 18.6. The van der Waals surface area contributed by atoms with Crippen LogP contribution >= 0.6 is 0 Å². The molecule has 3 aromatic rings. The number of halogens is 1. The Labute approximate surface area is 191 Å². The summed E-state index contributed by atoms with van der Waals surface area (Å²) in [7, 11) is 1.55. The van der Waals surface area contributed by atoms with Crippen LogP contribution in [0, 0.1) is 5.82 Å². The van der Waals surface area contributed by atoms with Gasteiger partial charge in [-0.3, -0.25) is 9.97 Å². The van der Waals surface area contributed by atoms with Gasteiger partial charge < -0.3 is 24.3 Å². The number of nitrogens with zero attached hydrogens (tertiary/aromatic N) is 3. The molecule has 33 heavy (non-hydrogen) atoms. The average molecular weight is 455 g/mol. The van der Waals surface area contributed by atoms with Crippen molar-refractivity contribution in [2.24, 2.45) is 0 Å². The molecule has 5 rings (SSSR count). The van der Waals surface area contributed by atoms with E-state index >= 15 is 0 Å². The summed E-state index contributed by atoms with van der Waals surface area (Å²) in [6, 6.07) is 5.70. The molecule has 1 N–H and O–H groups in total. The van der Waals surface area contributed by atoms with Crippen molar-refractivity contribution < 1.29 is 23.3 Å². The Hall–Kier alpha value is -3.04. The molecule has 0 spiro atoms. The fraction of sp³-hybridized carbons (Fsp3) is 0.458. The van der Waals surface area contributed by atoms with Gasteiger partial charge in [0.2, 0.25) is 5.88 Å². The molecule has 3 aromatic heterocycles. The molecule has 0 aromatic carbocycles. The van der Waals surface area contributed by atoms with Crippen LogP contribution in [0.4, 0.5) is 4.39 Å². The summed E-state index contributed by atoms with van der Waals surface area (Å²) in [6.45, 7) is 2.37. The van der Waals surface area contributed by atoms with Crippen molar-refractivity contribution in [3.63, 3.8) is 0 Å². The first-order valence-corrected chi connectivity index (χ1v) is 11.3. The third-order valence-electron chi connectivity index (χ3n) is 6.09. The Morgan fingerprint density at radius 3 is 2.82 bits per heavy atom. The van der Waals surface area contributed by atoms with Gasteiger partial charge >= 0.3 is 0 Å². The Balaban J connectivity index is 1.13. The lowest BCUT2D eigenvalue weighted by molar-refractivity contribution is -0.00710. The monoisotopic (exact) mass is 454 g/mol. The minimum Gasteiger partial charge on any atom is -0.486 e. The number of hydrogen-bond donors (Lipinski definition) is 1. The molecule has 0 unspecified atom stereocenters. The highest BCUT2D eigenvalue weighted by molar-refractivity contribution is 5.78. The highest BCUT2D eigenvalue weighted by Gasteiger charge is 2.23. The molecule has 0 amide bonds. The van der Waals surface area contributed by atoms with Gasteiger partial charge in [0.05, 0.1) is 48.9 Å². The van der Waals surface area contributed by atoms with E-state index in [2.05, 4.69) is 20.3 Å². The van der Waals surface area contributed by atoms with Crippen LogP contribution in [0.3, 0.4) is 0 Å². The molecule has 0 saturated carbocycles. The van der Waals surface area contributed by atoms with Crippen molar-refractivity contribution in [1.82, 2.24) is 20.3 Å². The van der Waals surface area contributed by atoms with Crippen LogP contribution in [0.25, 0.3) is 11.0 Å². The normalized spacial score (nSPS) is 20.1. The standard InChI is InChI=1S/C24H27FN4O4/c1-30-23-7-6-20-24(29-23)18(19(25)12-28-20)5-4-17-3-2-15(14-33-17)26-11-16-10-21-22(13-27-16)32-9-8-31-21/h6-7,10,12-13,15,17,26H,2-5,8-9,11,14H2,1H3/t15-,17-/m1/s1. The fourth-order valence-electron chi connectivity index (χ4n) is 4.26. The Bertz CT molecular complexity index is 1120. The molecular formula is C24H27FN4O4. The van der Waals surface area contributed by atoms with Gasteiger partial charge in [0.1, 0.15) is 19.0 Å². The molecule has 0 bridgehead atoms. The summed E-state index contributed by atoms with van der Waals surface area (Å²) < 4.78 is 36.9. The molecule has 5 heterocycles. The molecule has 2 aliphatic rings. The first-order chi connectivity index (χ1) is 16.2. The van der Waals surface area contributed by atoms with Crippen molar-refractivity contribution in [2.75, 3.05) is 26.9 Å². The van der Waals surface area contributed by atoms with Crippen LogP contribution < -0.4 is 19.5 Å². The molecule has 0 radical (unpaired) electrons. The number of methoxy groups -OCH3 is 1. The van der Waals surface area contributed by atoms with Gasteiger partial charge in [-0.05, 0) is 31.7 Å². The molecule has 9 heteroatoms. The van der Waals surface area contributed by atoms with E-state index < -0.39 is 0 Å². The van der Waals surface area contributed by atoms with Crippen LogP contribution in [0.2, 0.25) is 0 Å². The topological polar surface area (TPSA) is 87.6 Å². The first kappa shape index (κ1) is 21.8. The second-order valence-electron chi connectivity index (χ2n) is 8.27. The van der Waals surface area contributed by atoms with Crippen LogP contribution in [0.5, 0.6) is 17.4 Å². The van der Waals surface area contributed by atoms with E-state index in [4.69, 9.17) is 18.9 Å². The third kappa shape index (κ3) is 4.99. The summed E-state index contributed by atoms with van der Waals surface area (Å²) in [5.74, 6) is 1.55. The van der Waals surface area contributed by atoms with Gasteiger partial charge in [-0.1, -0.05) is 0 Å². The van der Waals surface area contributed by atoms with E-state index in [1.54, 1.807) is 25.4 Å². The molecule has 1 fully saturated rings. The smallest absolute Gasteiger partial charge is 0.213 e. The number of fused-ring (bicyclic) bond motifs is 2. The summed E-state index contributed by atoms with van der Waals surface area (Å²) in [5, 5.41) is 3.51. The minimum atomic E-state index is -0.342. The van der Waals surface area contributed by atoms with Crippen LogP contribution in [0.1, 0.15) is 30.5 Å². The maximum atomic E-state index is 14.5. The van der Waals surface area contributed by atoms with Gasteiger partial charge in [-0.25, -0.2) is 9.37 Å². The van der Waals surface area contributed by atoms with E-state index in [1.165, 1.54) is 6.20 Å². The van der Waals surface area contributed by atoms with Crippen molar-refractivity contribution in [3.05, 3.63) is 47.7 Å². The summed E-state index contributed by atoms with van der Waals surface area (Å²) in [5.41, 5.74) is 2.68. The SMILES string of the molecule is COc1ccc2ncc(F)c(CC[C@H]3CC[C@@H](NCc4cc5c(cn4)OCCO5)CO3)c2n1. The van der Waals surface area contributed by atoms with Crippen molar-refractivity contribution in [3.8, 4) is 17.4 Å². The highest BCUT2D eigenvalue weighted by Crippen LogP contribution is 2.29. The summed E-state index contributed by atoms with van der Waals surface area (Å²) in [4.78, 5) is 13.0. The molecule has 2 aliphatic heterocycles. The molecule has 8 nitrogen and oxygen atoms in total. The van der Waals surface area contributed by atoms with E-state index in [1.807, 2.05) is 6.07 Å². The zero-order valence-electron chi connectivity index (χ0n) is 18.6. The molecule has 2 atom stereocenters. The predicted molar refractivity (Wildman–Crippen MR) is 119 cm³/mol. The molecular weight excluding hydrogens is 427 g/mol. The van der Waals surface area contributed by atoms with Crippen molar-refractivity contribution in [2.45, 2.75) is 44.4 Å². The summed E-state index contributed by atoms with van der Waals surface area (Å²) >= 11 is 0. The van der Waals surface area contributed by atoms with Gasteiger partial charge in [0.15, 0.2) is 11.5 Å². The average Bonchev–Trinajstić information content (AvgIpc) is 2.87. The van der Waals surface area contributed by atoms with Gasteiger partial charge in [0.25, 0.3) is 0 Å². The van der Waals surface area contributed by atoms with Crippen LogP contribution in [-0.4, -0.2) is 54.0 Å². The third-order valence-corrected chi connectivity index (χ3v) is 6.09. The van der Waals surface area contributed by atoms with Crippen LogP contribution in [0.15, 0.2) is 30.6 Å². The second kappa shape index (κ2) is 9.84. The number of nitrogens with one attached hydrogen (secondary N) is 1. The lowest BCUT2D eigenvalue weighted by atomic mass is 9.98. The quantitative estimate of drug-likeness (QED) is 0.582. The highest BCUT2D eigenvalue weighted by atomic mass is 19.1. The number of ether oxygens (including phenoxy) is 4.